The zero-order valence-electron chi connectivity index (χ0n) is 16.4. The molecule has 2 heteroatoms. The molecule has 0 rings (SSSR count). The Bertz CT molecular complexity index is 319. The third-order valence-corrected chi connectivity index (χ3v) is 0.218. The molecule has 0 bridgehead atoms. The van der Waals surface area contributed by atoms with E-state index < -0.39 is 38.5 Å². The van der Waals surface area contributed by atoms with Crippen molar-refractivity contribution < 1.29 is 27.4 Å². The van der Waals surface area contributed by atoms with Gasteiger partial charge in [-0.25, -0.2) is 0 Å². The molecular weight excluding hydrogens is 91.1 g/mol. The van der Waals surface area contributed by atoms with Crippen LogP contribution in [0.25, 0.3) is 0 Å². The van der Waals surface area contributed by atoms with Crippen LogP contribution in [0.15, 0.2) is 0 Å². The zero-order chi connectivity index (χ0) is 17.0. The fourth-order valence-electron chi connectivity index (χ4n) is 0.0750. The first-order valence-corrected chi connectivity index (χ1v) is 1.37. The molecule has 0 aromatic rings. The van der Waals surface area contributed by atoms with Gasteiger partial charge in [-0.15, -0.1) is 0 Å². The fourth-order valence-corrected chi connectivity index (χ4v) is 0.0750. The van der Waals surface area contributed by atoms with Gasteiger partial charge in [0, 0.05) is 0 Å². The van der Waals surface area contributed by atoms with Gasteiger partial charge in [0.1, 0.15) is 6.50 Å². The van der Waals surface area contributed by atoms with Crippen LogP contribution in [0.5, 0.6) is 0 Å². The molecule has 0 aliphatic carbocycles. The second kappa shape index (κ2) is 2.28. The summed E-state index contributed by atoms with van der Waals surface area (Å²) >= 11 is 0. The SMILES string of the molecule is [2H]C([2H])(O)C([2H])([2H])[15N+](C([2H])([2H])[2H])(C([2H])([2H])[2H])C([2H])([2H])[2H]. The minimum Gasteiger partial charge on any atom is -0.391 e. The molecule has 0 unspecified atom stereocenters. The zero-order valence-corrected chi connectivity index (χ0v) is 3.39. The molecule has 0 atom stereocenters. The predicted molar refractivity (Wildman–Crippen MR) is 30.0 cm³/mol. The Morgan fingerprint density at radius 3 is 2.43 bits per heavy atom. The summed E-state index contributed by atoms with van der Waals surface area (Å²) < 4.78 is 89.7. The topological polar surface area (TPSA) is 20.2 Å². The second-order valence-electron chi connectivity index (χ2n) is 0.894. The molecule has 7 heavy (non-hydrogen) atoms. The van der Waals surface area contributed by atoms with Crippen molar-refractivity contribution in [3.05, 3.63) is 0 Å². The number of hydrogen-bond acceptors (Lipinski definition) is 1. The number of aliphatic hydroxyl groups is 1. The molecular formula is C5H14NO+. The van der Waals surface area contributed by atoms with E-state index >= 15 is 0 Å². The van der Waals surface area contributed by atoms with Crippen molar-refractivity contribution in [2.45, 2.75) is 0 Å². The summed E-state index contributed by atoms with van der Waals surface area (Å²) in [5.74, 6) is 0. The Hall–Kier alpha value is -0.0800. The molecule has 0 aromatic carbocycles. The van der Waals surface area contributed by atoms with Crippen molar-refractivity contribution in [2.75, 3.05) is 34.0 Å². The van der Waals surface area contributed by atoms with E-state index in [1.807, 2.05) is 0 Å². The maximum absolute atomic E-state index is 9.16. The van der Waals surface area contributed by atoms with E-state index in [1.165, 1.54) is 0 Å². The van der Waals surface area contributed by atoms with E-state index in [1.54, 1.807) is 0 Å². The molecule has 0 fully saturated rings. The van der Waals surface area contributed by atoms with Crippen LogP contribution in [0.2, 0.25) is 0 Å². The summed E-state index contributed by atoms with van der Waals surface area (Å²) in [6.45, 7) is -20.2. The lowest BCUT2D eigenvalue weighted by molar-refractivity contribution is -0.870. The highest BCUT2D eigenvalue weighted by atomic mass is 16.3. The van der Waals surface area contributed by atoms with Crippen LogP contribution < -0.4 is 0 Å². The molecule has 1 N–H and O–H groups in total. The highest BCUT2D eigenvalue weighted by Gasteiger charge is 2.02. The lowest BCUT2D eigenvalue weighted by Gasteiger charge is -2.21. The first-order valence-electron chi connectivity index (χ1n) is 7.87. The van der Waals surface area contributed by atoms with Crippen LogP contribution in [-0.2, 0) is 0 Å². The lowest BCUT2D eigenvalue weighted by Crippen LogP contribution is -2.36. The molecule has 2 nitrogen and oxygen atoms in total. The van der Waals surface area contributed by atoms with Gasteiger partial charge in [0.2, 0.25) is 0 Å². The molecule has 0 aromatic heterocycles. The van der Waals surface area contributed by atoms with Crippen LogP contribution in [0, 0.1) is 0 Å². The highest BCUT2D eigenvalue weighted by molar-refractivity contribution is 4.19. The van der Waals surface area contributed by atoms with E-state index in [2.05, 4.69) is 0 Å². The van der Waals surface area contributed by atoms with E-state index in [0.717, 1.165) is 0 Å². The number of nitrogens with zero attached hydrogens (tertiary/aromatic N) is 1. The van der Waals surface area contributed by atoms with Crippen LogP contribution in [0.3, 0.4) is 0 Å². The van der Waals surface area contributed by atoms with Crippen molar-refractivity contribution in [3.63, 3.8) is 0 Å². The summed E-state index contributed by atoms with van der Waals surface area (Å²) in [6, 6.07) is 0. The Morgan fingerprint density at radius 1 is 1.71 bits per heavy atom. The Labute approximate surface area is 63.2 Å². The van der Waals surface area contributed by atoms with E-state index in [4.69, 9.17) is 22.9 Å². The van der Waals surface area contributed by atoms with Gasteiger partial charge in [0.05, 0.1) is 45.3 Å². The largest absolute Gasteiger partial charge is 0.391 e. The van der Waals surface area contributed by atoms with E-state index in [9.17, 15) is 0 Å². The summed E-state index contributed by atoms with van der Waals surface area (Å²) in [5.41, 5.74) is 0. The van der Waals surface area contributed by atoms with Crippen molar-refractivity contribution in [1.82, 2.24) is 0 Å². The van der Waals surface area contributed by atoms with Gasteiger partial charge < -0.3 is 9.59 Å². The molecule has 0 saturated carbocycles. The monoisotopic (exact) mass is 118 g/mol. The minimum atomic E-state index is -4.16. The fraction of sp³-hybridized carbons (Fsp3) is 1.00. The van der Waals surface area contributed by atoms with Gasteiger partial charge in [-0.05, 0) is 0 Å². The maximum atomic E-state index is 9.16. The van der Waals surface area contributed by atoms with Gasteiger partial charge in [0.15, 0.2) is 0 Å². The van der Waals surface area contributed by atoms with Crippen LogP contribution in [0.4, 0.5) is 0 Å². The third kappa shape index (κ3) is 5.92. The first-order chi connectivity index (χ1) is 8.25. The van der Waals surface area contributed by atoms with Crippen molar-refractivity contribution >= 4 is 0 Å². The van der Waals surface area contributed by atoms with Crippen LogP contribution in [0.1, 0.15) is 17.8 Å². The number of rotatable bonds is 2. The molecule has 0 heterocycles. The quantitative estimate of drug-likeness (QED) is 0.389. The van der Waals surface area contributed by atoms with Gasteiger partial charge in [0.25, 0.3) is 0 Å². The predicted octanol–water partition coefficient (Wildman–Crippen LogP) is -0.315. The summed E-state index contributed by atoms with van der Waals surface area (Å²) in [6.07, 6.45) is 0. The maximum Gasteiger partial charge on any atom is 0.101 e. The highest BCUT2D eigenvalue weighted by Crippen LogP contribution is 1.84. The standard InChI is InChI=1S/C5H14NO/c1-6(2,3)4-5-7/h7H,4-5H2,1-3H3/q+1/i1D3,2D3,3D3,4D2,5D2,6+1. The molecule has 0 aliphatic heterocycles. The lowest BCUT2D eigenvalue weighted by atomic mass is 10.7. The molecule has 0 amide bonds. The Kier molecular flexibility index (Phi) is 0.221. The average Bonchev–Trinajstić information content (AvgIpc) is 1.89. The summed E-state index contributed by atoms with van der Waals surface area (Å²) in [4.78, 5) is 0. The second-order valence-corrected chi connectivity index (χ2v) is 0.894. The van der Waals surface area contributed by atoms with Crippen molar-refractivity contribution in [2.24, 2.45) is 0 Å². The van der Waals surface area contributed by atoms with Crippen molar-refractivity contribution in [1.29, 1.82) is 0 Å². The molecule has 0 radical (unpaired) electrons. The number of hydrogen-bond donors (Lipinski definition) is 1. The average molecular weight is 118 g/mol. The smallest absolute Gasteiger partial charge is 0.101 e. The normalized spacial score (nSPS) is 49.0. The van der Waals surface area contributed by atoms with Crippen molar-refractivity contribution in [3.8, 4) is 0 Å². The summed E-state index contributed by atoms with van der Waals surface area (Å²) in [7, 11) is 0. The minimum absolute atomic E-state index is 3.22. The molecule has 0 spiro atoms. The van der Waals surface area contributed by atoms with Gasteiger partial charge >= 0.3 is 0 Å². The third-order valence-electron chi connectivity index (χ3n) is 0.218. The Balaban J connectivity index is 6.83. The molecule has 0 saturated heterocycles. The van der Waals surface area contributed by atoms with Crippen LogP contribution >= 0.6 is 0 Å². The van der Waals surface area contributed by atoms with Gasteiger partial charge in [-0.1, -0.05) is 0 Å². The van der Waals surface area contributed by atoms with Gasteiger partial charge in [-0.2, -0.15) is 0 Å². The summed E-state index contributed by atoms with van der Waals surface area (Å²) in [5, 5.41) is 9.16. The molecule has 44 valence electrons. The van der Waals surface area contributed by atoms with Gasteiger partial charge in [-0.3, -0.25) is 0 Å². The van der Waals surface area contributed by atoms with E-state index in [0.29, 0.717) is 0 Å². The first kappa shape index (κ1) is 0.677. The van der Waals surface area contributed by atoms with E-state index in [-0.39, 0.29) is 0 Å². The number of quaternary nitrogens is 1. The molecule has 0 aliphatic rings. The Morgan fingerprint density at radius 2 is 2.29 bits per heavy atom. The van der Waals surface area contributed by atoms with Crippen LogP contribution in [-0.4, -0.2) is 43.6 Å². The number of likely N-dealkylation sites (N-methyl/N-ethyl adjacent to an activating group) is 1.